The lowest BCUT2D eigenvalue weighted by molar-refractivity contribution is -0.671. The maximum absolute atomic E-state index is 9.08. The minimum absolute atomic E-state index is 0.604. The van der Waals surface area contributed by atoms with Crippen molar-refractivity contribution in [1.82, 2.24) is 4.57 Å². The molecule has 6 heteroatoms. The largest absolute Gasteiger partial charge is 0.748 e. The highest BCUT2D eigenvalue weighted by Crippen LogP contribution is 1.91. The third-order valence-electron chi connectivity index (χ3n) is 1.59. The van der Waals surface area contributed by atoms with Gasteiger partial charge in [0.05, 0.1) is 23.7 Å². The Labute approximate surface area is 91.1 Å². The van der Waals surface area contributed by atoms with Crippen LogP contribution in [0.1, 0.15) is 19.8 Å². The molecule has 0 aliphatic rings. The lowest BCUT2D eigenvalue weighted by Gasteiger charge is -1.90. The van der Waals surface area contributed by atoms with Crippen molar-refractivity contribution in [2.45, 2.75) is 26.3 Å². The molecule has 0 aliphatic heterocycles. The normalized spacial score (nSPS) is 10.7. The van der Waals surface area contributed by atoms with E-state index in [0.717, 1.165) is 6.54 Å². The van der Waals surface area contributed by atoms with Gasteiger partial charge in [-0.25, -0.2) is 17.6 Å². The van der Waals surface area contributed by atoms with Gasteiger partial charge in [-0.15, -0.1) is 0 Å². The molecule has 0 aliphatic carbocycles. The third-order valence-corrected chi connectivity index (χ3v) is 1.59. The maximum Gasteiger partial charge on any atom is 0.243 e. The van der Waals surface area contributed by atoms with E-state index in [1.54, 1.807) is 0 Å². The molecule has 0 aromatic carbocycles. The number of unbranched alkanes of at least 4 members (excludes halogenated alkanes) is 1. The van der Waals surface area contributed by atoms with E-state index >= 15 is 0 Å². The van der Waals surface area contributed by atoms with Crippen LogP contribution in [0.4, 0.5) is 0 Å². The van der Waals surface area contributed by atoms with Gasteiger partial charge in [0.15, 0.2) is 0 Å². The van der Waals surface area contributed by atoms with Gasteiger partial charge >= 0.3 is 0 Å². The molecule has 1 aromatic rings. The number of nitrogens with zero attached hydrogens (tertiary/aromatic N) is 2. The van der Waals surface area contributed by atoms with Crippen molar-refractivity contribution in [1.29, 1.82) is 0 Å². The van der Waals surface area contributed by atoms with Crippen LogP contribution in [0.2, 0.25) is 0 Å². The van der Waals surface area contributed by atoms with Gasteiger partial charge in [0.2, 0.25) is 6.33 Å². The summed E-state index contributed by atoms with van der Waals surface area (Å²) in [4.78, 5) is 0. The Morgan fingerprint density at radius 3 is 2.33 bits per heavy atom. The summed E-state index contributed by atoms with van der Waals surface area (Å²) in [5.41, 5.74) is 0. The summed E-state index contributed by atoms with van der Waals surface area (Å²) in [5.74, 6) is 0. The molecule has 5 nitrogen and oxygen atoms in total. The van der Waals surface area contributed by atoms with Crippen LogP contribution in [0.15, 0.2) is 18.7 Å². The maximum atomic E-state index is 9.08. The first-order chi connectivity index (χ1) is 6.83. The van der Waals surface area contributed by atoms with Crippen LogP contribution in [-0.2, 0) is 23.7 Å². The molecule has 0 unspecified atom stereocenters. The number of hydrogen-bond donors (Lipinski definition) is 0. The van der Waals surface area contributed by atoms with Crippen LogP contribution < -0.4 is 4.57 Å². The van der Waals surface area contributed by atoms with Crippen molar-refractivity contribution in [3.8, 4) is 0 Å². The van der Waals surface area contributed by atoms with Crippen molar-refractivity contribution in [3.05, 3.63) is 18.7 Å². The molecule has 0 fully saturated rings. The fraction of sp³-hybridized carbons (Fsp3) is 0.667. The average molecular weight is 234 g/mol. The molecule has 0 saturated carbocycles. The van der Waals surface area contributed by atoms with Crippen LogP contribution in [-0.4, -0.2) is 23.8 Å². The molecule has 0 amide bonds. The molecule has 88 valence electrons. The van der Waals surface area contributed by atoms with Gasteiger partial charge in [-0.1, -0.05) is 13.3 Å². The summed E-state index contributed by atoms with van der Waals surface area (Å²) >= 11 is 0. The van der Waals surface area contributed by atoms with Crippen molar-refractivity contribution in [2.24, 2.45) is 7.05 Å². The van der Waals surface area contributed by atoms with Crippen LogP contribution in [0.5, 0.6) is 0 Å². The van der Waals surface area contributed by atoms with E-state index in [0.29, 0.717) is 6.26 Å². The van der Waals surface area contributed by atoms with E-state index in [-0.39, 0.29) is 0 Å². The Morgan fingerprint density at radius 1 is 1.47 bits per heavy atom. The van der Waals surface area contributed by atoms with E-state index in [1.165, 1.54) is 12.8 Å². The van der Waals surface area contributed by atoms with Crippen molar-refractivity contribution < 1.29 is 17.5 Å². The molecule has 0 bridgehead atoms. The average Bonchev–Trinajstić information content (AvgIpc) is 2.45. The summed E-state index contributed by atoms with van der Waals surface area (Å²) in [6.45, 7) is 3.36. The summed E-state index contributed by atoms with van der Waals surface area (Å²) in [6, 6.07) is 0. The lowest BCUT2D eigenvalue weighted by Crippen LogP contribution is -2.23. The van der Waals surface area contributed by atoms with Crippen molar-refractivity contribution in [3.63, 3.8) is 0 Å². The summed E-state index contributed by atoms with van der Waals surface area (Å²) in [5, 5.41) is 0. The topological polar surface area (TPSA) is 66.0 Å². The molecule has 15 heavy (non-hydrogen) atoms. The number of aryl methyl sites for hydroxylation is 2. The van der Waals surface area contributed by atoms with Crippen LogP contribution in [0, 0.1) is 0 Å². The molecule has 1 aromatic heterocycles. The zero-order valence-corrected chi connectivity index (χ0v) is 10.2. The van der Waals surface area contributed by atoms with Gasteiger partial charge in [0.1, 0.15) is 12.4 Å². The first kappa shape index (κ1) is 14.1. The highest BCUT2D eigenvalue weighted by atomic mass is 32.2. The smallest absolute Gasteiger partial charge is 0.243 e. The van der Waals surface area contributed by atoms with Gasteiger partial charge < -0.3 is 4.55 Å². The molecule has 0 spiro atoms. The van der Waals surface area contributed by atoms with Gasteiger partial charge in [-0.3, -0.25) is 0 Å². The Kier molecular flexibility index (Phi) is 6.19. The predicted molar refractivity (Wildman–Crippen MR) is 56.1 cm³/mol. The molecule has 0 N–H and O–H groups in total. The second-order valence-electron chi connectivity index (χ2n) is 3.37. The van der Waals surface area contributed by atoms with Gasteiger partial charge in [-0.05, 0) is 6.42 Å². The second-order valence-corrected chi connectivity index (χ2v) is 4.78. The molecule has 0 radical (unpaired) electrons. The Bertz CT molecular complexity index is 362. The molecular weight excluding hydrogens is 216 g/mol. The monoisotopic (exact) mass is 234 g/mol. The summed E-state index contributed by atoms with van der Waals surface area (Å²) < 4.78 is 31.5. The third kappa shape index (κ3) is 11.0. The van der Waals surface area contributed by atoms with Crippen LogP contribution in [0.3, 0.4) is 0 Å². The van der Waals surface area contributed by atoms with E-state index in [4.69, 9.17) is 13.0 Å². The Hall–Kier alpha value is -0.880. The fourth-order valence-corrected chi connectivity index (χ4v) is 0.975. The SMILES string of the molecule is CCCCn1cc[n+](C)c1.CS(=O)(=O)[O-]. The van der Waals surface area contributed by atoms with Crippen LogP contribution >= 0.6 is 0 Å². The van der Waals surface area contributed by atoms with Gasteiger partial charge in [0.25, 0.3) is 0 Å². The van der Waals surface area contributed by atoms with Gasteiger partial charge in [-0.2, -0.15) is 0 Å². The second kappa shape index (κ2) is 6.58. The first-order valence-electron chi connectivity index (χ1n) is 4.74. The van der Waals surface area contributed by atoms with Gasteiger partial charge in [0, 0.05) is 6.26 Å². The van der Waals surface area contributed by atoms with Crippen molar-refractivity contribution >= 4 is 10.1 Å². The van der Waals surface area contributed by atoms with Crippen molar-refractivity contribution in [2.75, 3.05) is 6.26 Å². The molecular formula is C9H18N2O3S. The quantitative estimate of drug-likeness (QED) is 0.557. The minimum Gasteiger partial charge on any atom is -0.748 e. The zero-order valence-electron chi connectivity index (χ0n) is 9.38. The number of hydrogen-bond acceptors (Lipinski definition) is 3. The van der Waals surface area contributed by atoms with E-state index < -0.39 is 10.1 Å². The summed E-state index contributed by atoms with van der Waals surface area (Å²) in [6.07, 6.45) is 9.42. The standard InChI is InChI=1S/C8H15N2.CH4O3S/c1-3-4-5-10-7-6-9(2)8-10;1-5(2,3)4/h6-8H,3-5H2,1-2H3;1H3,(H,2,3,4)/q+1;/p-1. The first-order valence-corrected chi connectivity index (χ1v) is 6.56. The molecule has 1 rings (SSSR count). The molecule has 0 saturated heterocycles. The molecule has 1 heterocycles. The number of imidazole rings is 1. The highest BCUT2D eigenvalue weighted by Gasteiger charge is 1.96. The number of aromatic nitrogens is 2. The molecule has 0 atom stereocenters. The van der Waals surface area contributed by atoms with Crippen LogP contribution in [0.25, 0.3) is 0 Å². The van der Waals surface area contributed by atoms with E-state index in [9.17, 15) is 0 Å². The van der Waals surface area contributed by atoms with E-state index in [2.05, 4.69) is 34.8 Å². The highest BCUT2D eigenvalue weighted by molar-refractivity contribution is 7.84. The Morgan fingerprint density at radius 2 is 2.00 bits per heavy atom. The fourth-order valence-electron chi connectivity index (χ4n) is 0.975. The lowest BCUT2D eigenvalue weighted by atomic mass is 10.3. The number of rotatable bonds is 3. The summed E-state index contributed by atoms with van der Waals surface area (Å²) in [7, 11) is -1.87. The minimum atomic E-state index is -3.92. The predicted octanol–water partition coefficient (Wildman–Crippen LogP) is 0.274. The zero-order chi connectivity index (χ0) is 11.9. The van der Waals surface area contributed by atoms with E-state index in [1.807, 2.05) is 7.05 Å². The Balaban J connectivity index is 0.000000336.